The lowest BCUT2D eigenvalue weighted by atomic mass is 9.32. The molecule has 1 aromatic carbocycles. The van der Waals surface area contributed by atoms with Crippen LogP contribution in [0, 0.1) is 56.7 Å². The maximum atomic E-state index is 10.8. The van der Waals surface area contributed by atoms with Gasteiger partial charge in [0.15, 0.2) is 11.5 Å². The highest BCUT2D eigenvalue weighted by Crippen LogP contribution is 2.77. The van der Waals surface area contributed by atoms with Crippen molar-refractivity contribution in [2.24, 2.45) is 56.7 Å². The molecule has 0 saturated heterocycles. The molecule has 0 bridgehead atoms. The summed E-state index contributed by atoms with van der Waals surface area (Å²) >= 11 is 0. The number of fused-ring (bicyclic) bond motifs is 7. The van der Waals surface area contributed by atoms with E-state index in [-0.39, 0.29) is 46.4 Å². The fraction of sp³-hybridized carbons (Fsp3) is 0.789. The Morgan fingerprint density at radius 3 is 2.30 bits per heavy atom. The van der Waals surface area contributed by atoms with Gasteiger partial charge in [0.1, 0.15) is 0 Å². The van der Waals surface area contributed by atoms with Gasteiger partial charge in [-0.05, 0) is 157 Å². The molecule has 0 radical (unpaired) electrons. The molecule has 43 heavy (non-hydrogen) atoms. The molecule has 0 amide bonds. The number of phenolic OH excluding ortho intramolecular Hbond substituents is 2. The number of phenols is 2. The lowest BCUT2D eigenvalue weighted by Crippen LogP contribution is -2.67. The molecular weight excluding hydrogens is 534 g/mol. The number of aliphatic hydroxyl groups is 2. The van der Waals surface area contributed by atoms with Crippen LogP contribution in [-0.2, 0) is 6.42 Å². The fourth-order valence-corrected chi connectivity index (χ4v) is 13.1. The van der Waals surface area contributed by atoms with E-state index >= 15 is 0 Å². The van der Waals surface area contributed by atoms with Gasteiger partial charge in [0.25, 0.3) is 0 Å². The SMILES string of the molecule is C=C(CO)[C@@H]1CC[C@]2(CO)CC[C@]3(C)[C@H](CC[C@@H]4[C@@]5(C)CC[C@H](NCCc6ccc(O)c(O)c6)C(C)(C)[C@@H]5CC[C@]43C)[C@@H]12. The molecule has 6 rings (SSSR count). The zero-order chi connectivity index (χ0) is 31.0. The highest BCUT2D eigenvalue weighted by Gasteiger charge is 2.70. The Hall–Kier alpha value is -1.56. The molecule has 5 aliphatic carbocycles. The molecular formula is C38H59NO4. The van der Waals surface area contributed by atoms with Crippen LogP contribution in [0.5, 0.6) is 11.5 Å². The number of hydrogen-bond acceptors (Lipinski definition) is 5. The Kier molecular flexibility index (Phi) is 7.87. The summed E-state index contributed by atoms with van der Waals surface area (Å²) in [7, 11) is 0. The predicted molar refractivity (Wildman–Crippen MR) is 173 cm³/mol. The van der Waals surface area contributed by atoms with Crippen molar-refractivity contribution in [1.82, 2.24) is 5.32 Å². The Morgan fingerprint density at radius 2 is 1.60 bits per heavy atom. The van der Waals surface area contributed by atoms with Crippen LogP contribution in [0.3, 0.4) is 0 Å². The van der Waals surface area contributed by atoms with Gasteiger partial charge in [-0.25, -0.2) is 0 Å². The number of aliphatic hydroxyl groups excluding tert-OH is 2. The smallest absolute Gasteiger partial charge is 0.157 e. The molecule has 0 spiro atoms. The summed E-state index contributed by atoms with van der Waals surface area (Å²) in [5.74, 6) is 2.68. The van der Waals surface area contributed by atoms with Gasteiger partial charge in [0.2, 0.25) is 0 Å². The second-order valence-corrected chi connectivity index (χ2v) is 17.1. The number of nitrogens with one attached hydrogen (secondary N) is 1. The molecule has 5 aliphatic rings. The largest absolute Gasteiger partial charge is 0.504 e. The van der Waals surface area contributed by atoms with Crippen LogP contribution in [0.25, 0.3) is 0 Å². The third-order valence-electron chi connectivity index (χ3n) is 15.5. The van der Waals surface area contributed by atoms with Crippen LogP contribution in [0.2, 0.25) is 0 Å². The van der Waals surface area contributed by atoms with Crippen LogP contribution in [0.1, 0.15) is 104 Å². The second-order valence-electron chi connectivity index (χ2n) is 17.1. The average Bonchev–Trinajstić information content (AvgIpc) is 3.36. The molecule has 0 unspecified atom stereocenters. The fourth-order valence-electron chi connectivity index (χ4n) is 13.1. The van der Waals surface area contributed by atoms with Crippen molar-refractivity contribution in [1.29, 1.82) is 0 Å². The van der Waals surface area contributed by atoms with Crippen molar-refractivity contribution < 1.29 is 20.4 Å². The summed E-state index contributed by atoms with van der Waals surface area (Å²) < 4.78 is 0. The van der Waals surface area contributed by atoms with Crippen LogP contribution in [-0.4, -0.2) is 46.2 Å². The molecule has 0 heterocycles. The van der Waals surface area contributed by atoms with E-state index in [0.29, 0.717) is 41.0 Å². The molecule has 5 nitrogen and oxygen atoms in total. The van der Waals surface area contributed by atoms with Gasteiger partial charge in [-0.3, -0.25) is 0 Å². The number of hydrogen-bond donors (Lipinski definition) is 5. The minimum absolute atomic E-state index is 0.0157. The molecule has 10 atom stereocenters. The van der Waals surface area contributed by atoms with E-state index in [9.17, 15) is 20.4 Å². The van der Waals surface area contributed by atoms with Crippen molar-refractivity contribution in [3.05, 3.63) is 35.9 Å². The van der Waals surface area contributed by atoms with Gasteiger partial charge in [-0.1, -0.05) is 47.3 Å². The van der Waals surface area contributed by atoms with Crippen molar-refractivity contribution in [2.45, 2.75) is 111 Å². The van der Waals surface area contributed by atoms with Crippen LogP contribution in [0.15, 0.2) is 30.4 Å². The van der Waals surface area contributed by atoms with Gasteiger partial charge >= 0.3 is 0 Å². The van der Waals surface area contributed by atoms with Crippen LogP contribution in [0.4, 0.5) is 0 Å². The van der Waals surface area contributed by atoms with Crippen molar-refractivity contribution >= 4 is 0 Å². The monoisotopic (exact) mass is 593 g/mol. The quantitative estimate of drug-likeness (QED) is 0.170. The standard InChI is InChI=1S/C38H59NO4/c1-24(22-40)26-11-17-38(23-41)19-18-36(5)27(33(26)38)8-10-31-35(4)15-13-32(34(2,3)30(35)12-16-37(31,36)6)39-20-14-25-7-9-28(42)29(43)21-25/h7,9,21,26-27,30-33,39-43H,1,8,10-20,22-23H2,2-6H3/t26-,27+,30-,31+,32-,33+,35-,36+,37+,38+/m0/s1. The van der Waals surface area contributed by atoms with Crippen LogP contribution < -0.4 is 5.32 Å². The molecule has 0 aromatic heterocycles. The maximum Gasteiger partial charge on any atom is 0.157 e. The minimum atomic E-state index is -0.0591. The molecule has 5 saturated carbocycles. The first kappa shape index (κ1) is 31.4. The first-order valence-corrected chi connectivity index (χ1v) is 17.4. The average molecular weight is 594 g/mol. The Balaban J connectivity index is 1.22. The summed E-state index contributed by atoms with van der Waals surface area (Å²) in [6, 6.07) is 5.64. The summed E-state index contributed by atoms with van der Waals surface area (Å²) in [5, 5.41) is 44.5. The van der Waals surface area contributed by atoms with Crippen molar-refractivity contribution in [3.63, 3.8) is 0 Å². The first-order chi connectivity index (χ1) is 20.3. The summed E-state index contributed by atoms with van der Waals surface area (Å²) in [6.07, 6.45) is 12.9. The summed E-state index contributed by atoms with van der Waals surface area (Å²) in [5.41, 5.74) is 3.11. The zero-order valence-corrected chi connectivity index (χ0v) is 27.6. The van der Waals surface area contributed by atoms with E-state index in [2.05, 4.69) is 46.5 Å². The van der Waals surface area contributed by atoms with E-state index in [0.717, 1.165) is 43.4 Å². The Morgan fingerprint density at radius 1 is 0.837 bits per heavy atom. The minimum Gasteiger partial charge on any atom is -0.504 e. The Labute approximate surface area is 260 Å². The lowest BCUT2D eigenvalue weighted by molar-refractivity contribution is -0.241. The number of rotatable bonds is 7. The van der Waals surface area contributed by atoms with Gasteiger partial charge < -0.3 is 25.7 Å². The molecule has 5 N–H and O–H groups in total. The number of benzene rings is 1. The summed E-state index contributed by atoms with van der Waals surface area (Å²) in [4.78, 5) is 0. The van der Waals surface area contributed by atoms with E-state index in [1.807, 2.05) is 6.07 Å². The third-order valence-corrected chi connectivity index (χ3v) is 15.5. The Bertz CT molecular complexity index is 1230. The zero-order valence-electron chi connectivity index (χ0n) is 27.6. The van der Waals surface area contributed by atoms with Gasteiger partial charge in [-0.15, -0.1) is 0 Å². The van der Waals surface area contributed by atoms with E-state index in [1.165, 1.54) is 44.9 Å². The molecule has 5 heteroatoms. The molecule has 5 fully saturated rings. The predicted octanol–water partition coefficient (Wildman–Crippen LogP) is 7.22. The van der Waals surface area contributed by atoms with Crippen molar-refractivity contribution in [3.8, 4) is 11.5 Å². The van der Waals surface area contributed by atoms with E-state index in [1.54, 1.807) is 12.1 Å². The third kappa shape index (κ3) is 4.48. The summed E-state index contributed by atoms with van der Waals surface area (Å²) in [6.45, 7) is 18.6. The highest BCUT2D eigenvalue weighted by atomic mass is 16.3. The first-order valence-electron chi connectivity index (χ1n) is 17.4. The topological polar surface area (TPSA) is 93.0 Å². The van der Waals surface area contributed by atoms with Gasteiger partial charge in [-0.2, -0.15) is 0 Å². The van der Waals surface area contributed by atoms with Crippen molar-refractivity contribution in [2.75, 3.05) is 19.8 Å². The van der Waals surface area contributed by atoms with E-state index < -0.39 is 0 Å². The molecule has 240 valence electrons. The lowest BCUT2D eigenvalue weighted by Gasteiger charge is -2.73. The van der Waals surface area contributed by atoms with Crippen LogP contribution >= 0.6 is 0 Å². The van der Waals surface area contributed by atoms with Gasteiger partial charge in [0, 0.05) is 12.6 Å². The maximum absolute atomic E-state index is 10.8. The molecule has 0 aliphatic heterocycles. The normalized spacial score (nSPS) is 45.0. The second kappa shape index (κ2) is 10.8. The number of aromatic hydroxyl groups is 2. The van der Waals surface area contributed by atoms with Gasteiger partial charge in [0.05, 0.1) is 6.61 Å². The van der Waals surface area contributed by atoms with E-state index in [4.69, 9.17) is 0 Å². The molecule has 1 aromatic rings. The highest BCUT2D eigenvalue weighted by molar-refractivity contribution is 5.40.